The Balaban J connectivity index is 0.000000208. The Hall–Kier alpha value is -6.78. The van der Waals surface area contributed by atoms with Crippen molar-refractivity contribution in [2.45, 2.75) is 26.8 Å². The number of methoxy groups -OCH3 is 1. The molecule has 0 saturated carbocycles. The van der Waals surface area contributed by atoms with Gasteiger partial charge in [-0.05, 0) is 60.5 Å². The lowest BCUT2D eigenvalue weighted by Gasteiger charge is -2.34. The number of anilines is 1. The minimum atomic E-state index is -0.437. The van der Waals surface area contributed by atoms with E-state index in [1.165, 1.54) is 0 Å². The third-order valence-electron chi connectivity index (χ3n) is 9.64. The molecular formula is C42H45N9O4. The molecule has 1 aliphatic heterocycles. The van der Waals surface area contributed by atoms with Crippen LogP contribution in [0.5, 0.6) is 5.75 Å². The van der Waals surface area contributed by atoms with Gasteiger partial charge in [0.2, 0.25) is 0 Å². The van der Waals surface area contributed by atoms with E-state index in [-0.39, 0.29) is 8.41 Å². The highest BCUT2D eigenvalue weighted by Crippen LogP contribution is 2.32. The number of nitrogens with one attached hydrogen (secondary N) is 2. The number of hydrogen-bond acceptors (Lipinski definition) is 10. The summed E-state index contributed by atoms with van der Waals surface area (Å²) >= 11 is 0. The topological polar surface area (TPSA) is 162 Å². The van der Waals surface area contributed by atoms with Crippen molar-refractivity contribution in [3.05, 3.63) is 124 Å². The molecule has 0 atom stereocenters. The number of aryl methyl sites for hydroxylation is 2. The van der Waals surface area contributed by atoms with Crippen LogP contribution in [-0.4, -0.2) is 74.7 Å². The van der Waals surface area contributed by atoms with Crippen LogP contribution in [-0.2, 0) is 13.0 Å². The van der Waals surface area contributed by atoms with Crippen LogP contribution in [0.15, 0.2) is 106 Å². The van der Waals surface area contributed by atoms with Crippen LogP contribution >= 0.6 is 0 Å². The first-order valence-corrected chi connectivity index (χ1v) is 18.2. The highest BCUT2D eigenvalue weighted by Gasteiger charge is 2.18. The summed E-state index contributed by atoms with van der Waals surface area (Å²) in [6.07, 6.45) is 7.56. The lowest BCUT2D eigenvalue weighted by molar-refractivity contribution is 0.312. The first-order chi connectivity index (χ1) is 26.9. The number of aromatic nitrogens is 6. The zero-order valence-electron chi connectivity index (χ0n) is 31.2. The first kappa shape index (κ1) is 36.6. The summed E-state index contributed by atoms with van der Waals surface area (Å²) < 4.78 is 12.4. The average molecular weight is 740 g/mol. The van der Waals surface area contributed by atoms with E-state index in [0.29, 0.717) is 40.9 Å². The molecule has 0 radical (unpaired) electrons. The number of ether oxygens (including phenoxy) is 1. The van der Waals surface area contributed by atoms with E-state index in [4.69, 9.17) is 14.4 Å². The largest absolute Gasteiger partial charge is 0.494 e. The van der Waals surface area contributed by atoms with Crippen LogP contribution < -0.4 is 21.0 Å². The fourth-order valence-electron chi connectivity index (χ4n) is 6.74. The van der Waals surface area contributed by atoms with E-state index in [1.54, 1.807) is 48.5 Å². The van der Waals surface area contributed by atoms with Gasteiger partial charge in [0.05, 0.1) is 47.0 Å². The van der Waals surface area contributed by atoms with E-state index < -0.39 is 5.76 Å². The van der Waals surface area contributed by atoms with Gasteiger partial charge in [-0.1, -0.05) is 26.0 Å². The Morgan fingerprint density at radius 1 is 0.891 bits per heavy atom. The summed E-state index contributed by atoms with van der Waals surface area (Å²) in [5.74, 6) is 1.03. The van der Waals surface area contributed by atoms with Crippen molar-refractivity contribution in [3.63, 3.8) is 0 Å². The SMILES string of the molecule is CC.COc1cc(N2CCN(C)CC2)cc2cc(-c3ccc4ccncc4c3)c(=O)[nH]c12.N#Cc1ccc2c(c1)oc(=O)n2CCc1nc2ccncc2[nH]1.[HH].[HH]. The number of piperazine rings is 1. The molecule has 1 saturated heterocycles. The zero-order chi connectivity index (χ0) is 38.5. The Morgan fingerprint density at radius 2 is 1.69 bits per heavy atom. The van der Waals surface area contributed by atoms with Crippen LogP contribution in [0.2, 0.25) is 0 Å². The summed E-state index contributed by atoms with van der Waals surface area (Å²) in [4.78, 5) is 48.5. The highest BCUT2D eigenvalue weighted by atomic mass is 16.5. The second-order valence-corrected chi connectivity index (χ2v) is 13.0. The molecule has 8 aromatic rings. The predicted octanol–water partition coefficient (Wildman–Crippen LogP) is 7.00. The normalized spacial score (nSPS) is 13.0. The van der Waals surface area contributed by atoms with Gasteiger partial charge >= 0.3 is 5.76 Å². The second kappa shape index (κ2) is 16.1. The molecule has 0 bridgehead atoms. The summed E-state index contributed by atoms with van der Waals surface area (Å²) in [6.45, 7) is 8.44. The summed E-state index contributed by atoms with van der Waals surface area (Å²) in [5, 5.41) is 12.0. The number of hydrogen-bond donors (Lipinski definition) is 2. The second-order valence-electron chi connectivity index (χ2n) is 13.0. The quantitative estimate of drug-likeness (QED) is 0.182. The van der Waals surface area contributed by atoms with E-state index in [1.807, 2.05) is 68.6 Å². The lowest BCUT2D eigenvalue weighted by Crippen LogP contribution is -2.44. The molecule has 1 fully saturated rings. The Morgan fingerprint density at radius 3 is 2.47 bits per heavy atom. The zero-order valence-corrected chi connectivity index (χ0v) is 31.2. The van der Waals surface area contributed by atoms with Crippen molar-refractivity contribution < 1.29 is 12.0 Å². The molecule has 9 rings (SSSR count). The van der Waals surface area contributed by atoms with Crippen molar-refractivity contribution >= 4 is 49.5 Å². The molecule has 0 aliphatic carbocycles. The lowest BCUT2D eigenvalue weighted by atomic mass is 10.0. The Labute approximate surface area is 319 Å². The third-order valence-corrected chi connectivity index (χ3v) is 9.64. The average Bonchev–Trinajstić information content (AvgIpc) is 3.79. The predicted molar refractivity (Wildman–Crippen MR) is 220 cm³/mol. The number of aromatic amines is 2. The number of nitriles is 1. The number of rotatable bonds is 6. The molecule has 0 spiro atoms. The van der Waals surface area contributed by atoms with E-state index >= 15 is 0 Å². The number of imidazole rings is 1. The number of oxazole rings is 1. The minimum Gasteiger partial charge on any atom is -0.494 e. The van der Waals surface area contributed by atoms with E-state index in [0.717, 1.165) is 76.0 Å². The summed E-state index contributed by atoms with van der Waals surface area (Å²) in [6, 6.07) is 22.9. The molecule has 5 aromatic heterocycles. The van der Waals surface area contributed by atoms with Crippen molar-refractivity contribution in [1.29, 1.82) is 5.26 Å². The molecule has 282 valence electrons. The maximum absolute atomic E-state index is 12.9. The van der Waals surface area contributed by atoms with Gasteiger partial charge < -0.3 is 28.9 Å². The molecule has 3 aromatic carbocycles. The van der Waals surface area contributed by atoms with E-state index in [9.17, 15) is 9.59 Å². The molecule has 13 nitrogen and oxygen atoms in total. The van der Waals surface area contributed by atoms with Gasteiger partial charge in [0.15, 0.2) is 5.58 Å². The van der Waals surface area contributed by atoms with Gasteiger partial charge in [-0.15, -0.1) is 0 Å². The molecule has 0 unspecified atom stereocenters. The fraction of sp³-hybridized carbons (Fsp3) is 0.238. The van der Waals surface area contributed by atoms with Crippen LogP contribution in [0, 0.1) is 11.3 Å². The number of fused-ring (bicyclic) bond motifs is 4. The van der Waals surface area contributed by atoms with Crippen LogP contribution in [0.25, 0.3) is 54.9 Å². The number of benzene rings is 3. The van der Waals surface area contributed by atoms with Crippen molar-refractivity contribution in [2.24, 2.45) is 0 Å². The Bertz CT molecular complexity index is 2760. The molecule has 2 N–H and O–H groups in total. The maximum atomic E-state index is 12.9. The number of nitrogens with zero attached hydrogens (tertiary/aromatic N) is 7. The smallest absolute Gasteiger partial charge is 0.419 e. The molecule has 1 aliphatic rings. The third kappa shape index (κ3) is 7.67. The number of likely N-dealkylation sites (N-methyl/N-ethyl adjacent to an activating group) is 1. The monoisotopic (exact) mass is 739 g/mol. The summed E-state index contributed by atoms with van der Waals surface area (Å²) in [7, 11) is 3.79. The molecule has 0 amide bonds. The van der Waals surface area contributed by atoms with Crippen molar-refractivity contribution in [2.75, 3.05) is 45.2 Å². The van der Waals surface area contributed by atoms with Crippen molar-refractivity contribution in [3.8, 4) is 22.9 Å². The fourth-order valence-corrected chi connectivity index (χ4v) is 6.74. The standard InChI is InChI=1S/C24H24N4O2.C16H11N5O2.C2H6.2H2/c1-27-7-9-28(10-8-27)20-12-18-13-21(24(29)26-23(18)22(14-20)30-2)17-4-3-16-5-6-25-15-19(16)11-17;17-8-10-1-2-13-14(7-10)23-16(22)21(13)6-4-15-19-11-3-5-18-9-12(11)20-15;1-2;;/h3-6,11-15H,7-10H2,1-2H3,(H,26,29);1-3,5,7,9H,4,6H2,(H,19,20);1-2H3;2*1H. The summed E-state index contributed by atoms with van der Waals surface area (Å²) in [5.41, 5.74) is 6.51. The molecule has 13 heteroatoms. The van der Waals surface area contributed by atoms with Gasteiger partial charge in [-0.25, -0.2) is 9.78 Å². The van der Waals surface area contributed by atoms with E-state index in [2.05, 4.69) is 47.8 Å². The minimum absolute atomic E-state index is 0. The molecular weight excluding hydrogens is 695 g/mol. The van der Waals surface area contributed by atoms with Gasteiger partial charge in [0.25, 0.3) is 5.56 Å². The van der Waals surface area contributed by atoms with Crippen LogP contribution in [0.1, 0.15) is 28.1 Å². The maximum Gasteiger partial charge on any atom is 0.419 e. The van der Waals surface area contributed by atoms with Gasteiger partial charge in [-0.2, -0.15) is 5.26 Å². The Kier molecular flexibility index (Phi) is 10.7. The number of pyridine rings is 3. The molecule has 6 heterocycles. The first-order valence-electron chi connectivity index (χ1n) is 18.2. The van der Waals surface area contributed by atoms with Crippen molar-refractivity contribution in [1.82, 2.24) is 34.4 Å². The van der Waals surface area contributed by atoms with Gasteiger partial charge in [0.1, 0.15) is 11.6 Å². The van der Waals surface area contributed by atoms with Gasteiger partial charge in [-0.3, -0.25) is 19.3 Å². The molecule has 55 heavy (non-hydrogen) atoms. The van der Waals surface area contributed by atoms with Crippen LogP contribution in [0.3, 0.4) is 0 Å². The van der Waals surface area contributed by atoms with Crippen LogP contribution in [0.4, 0.5) is 5.69 Å². The highest BCUT2D eigenvalue weighted by molar-refractivity contribution is 5.93. The van der Waals surface area contributed by atoms with Gasteiger partial charge in [0, 0.05) is 94.7 Å². The number of H-pyrrole nitrogens is 2.